The van der Waals surface area contributed by atoms with E-state index in [2.05, 4.69) is 20.4 Å². The third-order valence-electron chi connectivity index (χ3n) is 5.78. The number of hydrogen-bond donors (Lipinski definition) is 2. The minimum atomic E-state index is 0.240. The van der Waals surface area contributed by atoms with Gasteiger partial charge in [-0.1, -0.05) is 19.3 Å². The van der Waals surface area contributed by atoms with Gasteiger partial charge in [0.15, 0.2) is 0 Å². The van der Waals surface area contributed by atoms with E-state index >= 15 is 0 Å². The van der Waals surface area contributed by atoms with E-state index in [1.54, 1.807) is 0 Å². The number of nitrogens with zero attached hydrogens (tertiary/aromatic N) is 2. The van der Waals surface area contributed by atoms with Crippen molar-refractivity contribution in [3.8, 4) is 0 Å². The Kier molecular flexibility index (Phi) is 6.72. The maximum absolute atomic E-state index is 12.2. The quantitative estimate of drug-likeness (QED) is 0.794. The number of nitrogens with one attached hydrogen (secondary N) is 2. The van der Waals surface area contributed by atoms with Gasteiger partial charge < -0.3 is 15.5 Å². The summed E-state index contributed by atoms with van der Waals surface area (Å²) in [5.41, 5.74) is 0. The van der Waals surface area contributed by atoms with Crippen LogP contribution in [0.25, 0.3) is 0 Å². The zero-order valence-corrected chi connectivity index (χ0v) is 14.6. The summed E-state index contributed by atoms with van der Waals surface area (Å²) in [4.78, 5) is 17.1. The summed E-state index contributed by atoms with van der Waals surface area (Å²) in [6.45, 7) is 8.56. The van der Waals surface area contributed by atoms with Crippen LogP contribution in [-0.2, 0) is 4.79 Å². The molecule has 2 heterocycles. The highest BCUT2D eigenvalue weighted by atomic mass is 16.2. The molecule has 1 saturated carbocycles. The molecule has 5 nitrogen and oxygen atoms in total. The number of piperazine rings is 1. The molecule has 0 bridgehead atoms. The molecule has 0 aromatic heterocycles. The first-order valence-electron chi connectivity index (χ1n) is 9.74. The van der Waals surface area contributed by atoms with Crippen molar-refractivity contribution in [1.82, 2.24) is 20.4 Å². The first-order valence-corrected chi connectivity index (χ1v) is 9.74. The van der Waals surface area contributed by atoms with Crippen molar-refractivity contribution < 1.29 is 4.79 Å². The van der Waals surface area contributed by atoms with Gasteiger partial charge in [-0.3, -0.25) is 9.69 Å². The van der Waals surface area contributed by atoms with Crippen LogP contribution < -0.4 is 10.6 Å². The predicted molar refractivity (Wildman–Crippen MR) is 93.5 cm³/mol. The van der Waals surface area contributed by atoms with E-state index in [-0.39, 0.29) is 5.91 Å². The van der Waals surface area contributed by atoms with Crippen molar-refractivity contribution in [2.24, 2.45) is 5.92 Å². The molecule has 2 N–H and O–H groups in total. The molecule has 0 unspecified atom stereocenters. The van der Waals surface area contributed by atoms with Crippen molar-refractivity contribution >= 4 is 5.91 Å². The van der Waals surface area contributed by atoms with Crippen LogP contribution in [0.1, 0.15) is 44.9 Å². The summed E-state index contributed by atoms with van der Waals surface area (Å²) in [6, 6.07) is 0.442. The average Bonchev–Trinajstić information content (AvgIpc) is 2.58. The van der Waals surface area contributed by atoms with E-state index in [1.165, 1.54) is 64.6 Å². The lowest BCUT2D eigenvalue weighted by Crippen LogP contribution is -2.51. The molecule has 0 atom stereocenters. The Morgan fingerprint density at radius 3 is 2.26 bits per heavy atom. The molecular weight excluding hydrogens is 288 g/mol. The molecule has 3 aliphatic rings. The number of rotatable bonds is 5. The molecular formula is C18H34N4O. The highest BCUT2D eigenvalue weighted by molar-refractivity contribution is 5.78. The zero-order chi connectivity index (χ0) is 15.9. The van der Waals surface area contributed by atoms with E-state index < -0.39 is 0 Å². The number of carbonyl (C=O) groups is 1. The van der Waals surface area contributed by atoms with E-state index in [9.17, 15) is 4.79 Å². The summed E-state index contributed by atoms with van der Waals surface area (Å²) < 4.78 is 0. The fourth-order valence-corrected chi connectivity index (χ4v) is 4.28. The van der Waals surface area contributed by atoms with Gasteiger partial charge in [0.1, 0.15) is 0 Å². The maximum Gasteiger partial charge on any atom is 0.234 e. The van der Waals surface area contributed by atoms with Gasteiger partial charge in [0.25, 0.3) is 0 Å². The lowest BCUT2D eigenvalue weighted by atomic mass is 9.95. The molecule has 2 saturated heterocycles. The standard InChI is InChI=1S/C18H34N4O/c23-18(20-17-4-2-1-3-5-17)15-22-12-10-21(11-13-22)14-16-6-8-19-9-7-16/h16-17,19H,1-15H2,(H,20,23). The topological polar surface area (TPSA) is 47.6 Å². The molecule has 23 heavy (non-hydrogen) atoms. The van der Waals surface area contributed by atoms with Crippen LogP contribution in [-0.4, -0.2) is 74.1 Å². The van der Waals surface area contributed by atoms with Crippen LogP contribution in [0.5, 0.6) is 0 Å². The number of hydrogen-bond acceptors (Lipinski definition) is 4. The van der Waals surface area contributed by atoms with Gasteiger partial charge in [-0.05, 0) is 44.7 Å². The molecule has 5 heteroatoms. The second kappa shape index (κ2) is 9.00. The van der Waals surface area contributed by atoms with Crippen LogP contribution in [0, 0.1) is 5.92 Å². The fourth-order valence-electron chi connectivity index (χ4n) is 4.28. The van der Waals surface area contributed by atoms with Crippen LogP contribution in [0.15, 0.2) is 0 Å². The Balaban J connectivity index is 1.31. The van der Waals surface area contributed by atoms with E-state index in [0.717, 1.165) is 32.1 Å². The summed E-state index contributed by atoms with van der Waals surface area (Å²) in [6.07, 6.45) is 8.89. The Hall–Kier alpha value is -0.650. The van der Waals surface area contributed by atoms with Crippen molar-refractivity contribution in [3.05, 3.63) is 0 Å². The Morgan fingerprint density at radius 2 is 1.57 bits per heavy atom. The monoisotopic (exact) mass is 322 g/mol. The maximum atomic E-state index is 12.2. The second-order valence-electron chi connectivity index (χ2n) is 7.67. The van der Waals surface area contributed by atoms with Gasteiger partial charge in [0, 0.05) is 38.8 Å². The van der Waals surface area contributed by atoms with Crippen molar-refractivity contribution in [3.63, 3.8) is 0 Å². The number of carbonyl (C=O) groups excluding carboxylic acids is 1. The highest BCUT2D eigenvalue weighted by Gasteiger charge is 2.23. The van der Waals surface area contributed by atoms with Gasteiger partial charge in [0.2, 0.25) is 5.91 Å². The Labute approximate surface area is 141 Å². The lowest BCUT2D eigenvalue weighted by molar-refractivity contribution is -0.123. The largest absolute Gasteiger partial charge is 0.352 e. The lowest BCUT2D eigenvalue weighted by Gasteiger charge is -2.37. The fraction of sp³-hybridized carbons (Fsp3) is 0.944. The summed E-state index contributed by atoms with van der Waals surface area (Å²) in [5.74, 6) is 1.11. The van der Waals surface area contributed by atoms with E-state index in [1.807, 2.05) is 0 Å². The van der Waals surface area contributed by atoms with Crippen LogP contribution in [0.2, 0.25) is 0 Å². The predicted octanol–water partition coefficient (Wildman–Crippen LogP) is 1.05. The molecule has 1 aliphatic carbocycles. The van der Waals surface area contributed by atoms with Crippen molar-refractivity contribution in [2.75, 3.05) is 52.4 Å². The summed E-state index contributed by atoms with van der Waals surface area (Å²) in [7, 11) is 0. The molecule has 3 rings (SSSR count). The molecule has 0 radical (unpaired) electrons. The Morgan fingerprint density at radius 1 is 0.913 bits per heavy atom. The van der Waals surface area contributed by atoms with Gasteiger partial charge in [0.05, 0.1) is 6.54 Å². The van der Waals surface area contributed by atoms with Crippen LogP contribution >= 0.6 is 0 Å². The SMILES string of the molecule is O=C(CN1CCN(CC2CCNCC2)CC1)NC1CCCCC1. The van der Waals surface area contributed by atoms with Crippen LogP contribution in [0.3, 0.4) is 0 Å². The van der Waals surface area contributed by atoms with Gasteiger partial charge in [-0.25, -0.2) is 0 Å². The minimum Gasteiger partial charge on any atom is -0.352 e. The molecule has 0 aromatic carbocycles. The number of piperidine rings is 1. The molecule has 2 aliphatic heterocycles. The number of amides is 1. The third kappa shape index (κ3) is 5.73. The first-order chi connectivity index (χ1) is 11.3. The first kappa shape index (κ1) is 17.2. The summed E-state index contributed by atoms with van der Waals surface area (Å²) >= 11 is 0. The van der Waals surface area contributed by atoms with E-state index in [0.29, 0.717) is 12.6 Å². The normalized spacial score (nSPS) is 26.3. The molecule has 3 fully saturated rings. The third-order valence-corrected chi connectivity index (χ3v) is 5.78. The molecule has 0 spiro atoms. The highest BCUT2D eigenvalue weighted by Crippen LogP contribution is 2.17. The van der Waals surface area contributed by atoms with Crippen molar-refractivity contribution in [2.45, 2.75) is 51.0 Å². The van der Waals surface area contributed by atoms with Gasteiger partial charge in [-0.2, -0.15) is 0 Å². The van der Waals surface area contributed by atoms with Gasteiger partial charge >= 0.3 is 0 Å². The van der Waals surface area contributed by atoms with Gasteiger partial charge in [-0.15, -0.1) is 0 Å². The molecule has 132 valence electrons. The second-order valence-corrected chi connectivity index (χ2v) is 7.67. The Bertz CT molecular complexity index is 356. The van der Waals surface area contributed by atoms with Crippen LogP contribution in [0.4, 0.5) is 0 Å². The average molecular weight is 322 g/mol. The minimum absolute atomic E-state index is 0.240. The zero-order valence-electron chi connectivity index (χ0n) is 14.6. The molecule has 0 aromatic rings. The summed E-state index contributed by atoms with van der Waals surface area (Å²) in [5, 5.41) is 6.68. The smallest absolute Gasteiger partial charge is 0.234 e. The van der Waals surface area contributed by atoms with Crippen molar-refractivity contribution in [1.29, 1.82) is 0 Å². The van der Waals surface area contributed by atoms with E-state index in [4.69, 9.17) is 0 Å². The molecule has 1 amide bonds.